The molecule has 68 heavy (non-hydrogen) atoms. The van der Waals surface area contributed by atoms with E-state index in [9.17, 15) is 0 Å². The molecule has 0 saturated carbocycles. The standard InChI is InChI=1S/C64H38N2S2/c1-2-13-42(14-3-1)64-65-57(40-22-24-41(25-23-40)63-50-17-7-5-15-45(50)37-54-49-16-6-4-12-39(49)26-29-53(54)63)38-58(66-64)48-33-46(43-27-30-61-55(35-43)51-18-8-10-20-59(51)67-61)32-47(34-48)44-28-31-62-56(36-44)52-19-9-11-21-60(52)68-62/h1-38H. The lowest BCUT2D eigenvalue weighted by molar-refractivity contribution is 1.18. The molecular formula is C64H38N2S2. The Morgan fingerprint density at radius 3 is 1.40 bits per heavy atom. The van der Waals surface area contributed by atoms with Crippen LogP contribution in [0.2, 0.25) is 0 Å². The molecule has 3 heterocycles. The monoisotopic (exact) mass is 898 g/mol. The maximum Gasteiger partial charge on any atom is 0.160 e. The fraction of sp³-hybridized carbons (Fsp3) is 0. The van der Waals surface area contributed by atoms with Gasteiger partial charge in [-0.2, -0.15) is 0 Å². The van der Waals surface area contributed by atoms with Gasteiger partial charge in [0, 0.05) is 57.0 Å². The number of fused-ring (bicyclic) bond motifs is 10. The van der Waals surface area contributed by atoms with Crippen molar-refractivity contribution in [3.8, 4) is 67.3 Å². The van der Waals surface area contributed by atoms with Gasteiger partial charge in [-0.05, 0) is 132 Å². The summed E-state index contributed by atoms with van der Waals surface area (Å²) in [5.74, 6) is 0.693. The van der Waals surface area contributed by atoms with Gasteiger partial charge in [-0.15, -0.1) is 22.7 Å². The third-order valence-electron chi connectivity index (χ3n) is 13.6. The Hall–Kier alpha value is -8.28. The van der Waals surface area contributed by atoms with Crippen LogP contribution < -0.4 is 0 Å². The highest BCUT2D eigenvalue weighted by Gasteiger charge is 2.17. The molecule has 0 amide bonds. The Bertz CT molecular complexity index is 4180. The van der Waals surface area contributed by atoms with Crippen molar-refractivity contribution in [2.75, 3.05) is 0 Å². The van der Waals surface area contributed by atoms with Crippen molar-refractivity contribution >= 4 is 95.3 Å². The van der Waals surface area contributed by atoms with Crippen molar-refractivity contribution in [3.05, 3.63) is 231 Å². The summed E-state index contributed by atoms with van der Waals surface area (Å²) in [6.45, 7) is 0. The number of rotatable bonds is 6. The van der Waals surface area contributed by atoms with Gasteiger partial charge >= 0.3 is 0 Å². The highest BCUT2D eigenvalue weighted by atomic mass is 32.1. The Kier molecular flexibility index (Phi) is 8.98. The maximum atomic E-state index is 5.38. The number of aromatic nitrogens is 2. The molecule has 14 rings (SSSR count). The summed E-state index contributed by atoms with van der Waals surface area (Å²) in [5, 5.41) is 12.7. The van der Waals surface area contributed by atoms with Crippen molar-refractivity contribution < 1.29 is 0 Å². The van der Waals surface area contributed by atoms with Crippen molar-refractivity contribution in [2.24, 2.45) is 0 Å². The van der Waals surface area contributed by atoms with Crippen LogP contribution in [0.4, 0.5) is 0 Å². The molecule has 0 atom stereocenters. The average Bonchev–Trinajstić information content (AvgIpc) is 3.98. The van der Waals surface area contributed by atoms with Gasteiger partial charge in [0.15, 0.2) is 5.82 Å². The third kappa shape index (κ3) is 6.52. The van der Waals surface area contributed by atoms with Gasteiger partial charge in [0.1, 0.15) is 0 Å². The molecule has 0 aliphatic heterocycles. The minimum absolute atomic E-state index is 0.693. The number of hydrogen-bond donors (Lipinski definition) is 0. The van der Waals surface area contributed by atoms with E-state index in [1.54, 1.807) is 0 Å². The second kappa shape index (κ2) is 15.7. The zero-order valence-corrected chi connectivity index (χ0v) is 38.3. The van der Waals surface area contributed by atoms with Crippen LogP contribution in [0.3, 0.4) is 0 Å². The highest BCUT2D eigenvalue weighted by Crippen LogP contribution is 2.43. The fourth-order valence-electron chi connectivity index (χ4n) is 10.3. The first kappa shape index (κ1) is 38.9. The lowest BCUT2D eigenvalue weighted by atomic mass is 9.89. The van der Waals surface area contributed by atoms with Crippen LogP contribution in [0.1, 0.15) is 0 Å². The quantitative estimate of drug-likeness (QED) is 0.123. The molecule has 3 aromatic heterocycles. The average molecular weight is 899 g/mol. The van der Waals surface area contributed by atoms with Gasteiger partial charge in [-0.1, -0.05) is 164 Å². The summed E-state index contributed by atoms with van der Waals surface area (Å²) in [4.78, 5) is 10.7. The van der Waals surface area contributed by atoms with E-state index in [2.05, 4.69) is 224 Å². The molecule has 0 N–H and O–H groups in total. The number of nitrogens with zero attached hydrogens (tertiary/aromatic N) is 2. The number of thiophene rings is 2. The minimum Gasteiger partial charge on any atom is -0.228 e. The van der Waals surface area contributed by atoms with Crippen LogP contribution in [0, 0.1) is 0 Å². The molecule has 2 nitrogen and oxygen atoms in total. The molecule has 0 saturated heterocycles. The Balaban J connectivity index is 0.951. The minimum atomic E-state index is 0.693. The molecule has 11 aromatic carbocycles. The summed E-state index contributed by atoms with van der Waals surface area (Å²) in [6.07, 6.45) is 0. The molecule has 0 aliphatic rings. The van der Waals surface area contributed by atoms with E-state index in [4.69, 9.17) is 9.97 Å². The first-order valence-electron chi connectivity index (χ1n) is 23.0. The Morgan fingerprint density at radius 2 is 0.735 bits per heavy atom. The van der Waals surface area contributed by atoms with Crippen molar-refractivity contribution in [1.82, 2.24) is 9.97 Å². The summed E-state index contributed by atoms with van der Waals surface area (Å²) < 4.78 is 5.20. The van der Waals surface area contributed by atoms with Crippen molar-refractivity contribution in [1.29, 1.82) is 0 Å². The summed E-state index contributed by atoms with van der Waals surface area (Å²) >= 11 is 3.70. The van der Waals surface area contributed by atoms with Crippen molar-refractivity contribution in [2.45, 2.75) is 0 Å². The Labute approximate surface area is 400 Å². The molecule has 0 fully saturated rings. The van der Waals surface area contributed by atoms with E-state index in [0.29, 0.717) is 5.82 Å². The van der Waals surface area contributed by atoms with E-state index in [-0.39, 0.29) is 0 Å². The molecule has 14 aromatic rings. The lowest BCUT2D eigenvalue weighted by Gasteiger charge is -2.15. The van der Waals surface area contributed by atoms with Crippen LogP contribution in [0.15, 0.2) is 231 Å². The SMILES string of the molecule is c1ccc(-c2nc(-c3ccc(-c4c5ccccc5cc5c4ccc4ccccc45)cc3)cc(-c3cc(-c4ccc5sc6ccccc6c5c4)cc(-c4ccc5sc6ccccc6c5c4)c3)n2)cc1. The van der Waals surface area contributed by atoms with E-state index < -0.39 is 0 Å². The smallest absolute Gasteiger partial charge is 0.160 e. The van der Waals surface area contributed by atoms with Gasteiger partial charge in [0.05, 0.1) is 11.4 Å². The first-order chi connectivity index (χ1) is 33.6. The van der Waals surface area contributed by atoms with Gasteiger partial charge in [0.25, 0.3) is 0 Å². The largest absolute Gasteiger partial charge is 0.228 e. The predicted molar refractivity (Wildman–Crippen MR) is 293 cm³/mol. The second-order valence-electron chi connectivity index (χ2n) is 17.7. The lowest BCUT2D eigenvalue weighted by Crippen LogP contribution is -1.96. The summed E-state index contributed by atoms with van der Waals surface area (Å²) in [6, 6.07) is 84.2. The van der Waals surface area contributed by atoms with Crippen LogP contribution in [-0.2, 0) is 0 Å². The van der Waals surface area contributed by atoms with Gasteiger partial charge in [-0.3, -0.25) is 0 Å². The predicted octanol–water partition coefficient (Wildman–Crippen LogP) is 18.7. The molecular weight excluding hydrogens is 861 g/mol. The van der Waals surface area contributed by atoms with E-state index in [1.807, 2.05) is 28.7 Å². The molecule has 0 aliphatic carbocycles. The summed E-state index contributed by atoms with van der Waals surface area (Å²) in [5.41, 5.74) is 11.8. The van der Waals surface area contributed by atoms with E-state index in [1.165, 1.54) is 94.9 Å². The second-order valence-corrected chi connectivity index (χ2v) is 19.8. The molecule has 0 radical (unpaired) electrons. The zero-order valence-electron chi connectivity index (χ0n) is 36.7. The van der Waals surface area contributed by atoms with Gasteiger partial charge in [-0.25, -0.2) is 9.97 Å². The number of hydrogen-bond acceptors (Lipinski definition) is 4. The van der Waals surface area contributed by atoms with Crippen molar-refractivity contribution in [3.63, 3.8) is 0 Å². The van der Waals surface area contributed by atoms with Crippen LogP contribution >= 0.6 is 22.7 Å². The normalized spacial score (nSPS) is 11.8. The highest BCUT2D eigenvalue weighted by molar-refractivity contribution is 7.26. The molecule has 0 unspecified atom stereocenters. The topological polar surface area (TPSA) is 25.8 Å². The molecule has 4 heteroatoms. The van der Waals surface area contributed by atoms with Crippen LogP contribution in [0.25, 0.3) is 140 Å². The van der Waals surface area contributed by atoms with Gasteiger partial charge in [0.2, 0.25) is 0 Å². The fourth-order valence-corrected chi connectivity index (χ4v) is 12.5. The van der Waals surface area contributed by atoms with E-state index in [0.717, 1.165) is 39.2 Å². The van der Waals surface area contributed by atoms with E-state index >= 15 is 0 Å². The maximum absolute atomic E-state index is 5.38. The van der Waals surface area contributed by atoms with Crippen LogP contribution in [0.5, 0.6) is 0 Å². The molecule has 0 bridgehead atoms. The summed E-state index contributed by atoms with van der Waals surface area (Å²) in [7, 11) is 0. The first-order valence-corrected chi connectivity index (χ1v) is 24.7. The van der Waals surface area contributed by atoms with Crippen LogP contribution in [-0.4, -0.2) is 9.97 Å². The molecule has 316 valence electrons. The number of benzene rings is 11. The third-order valence-corrected chi connectivity index (χ3v) is 15.9. The molecule has 0 spiro atoms. The zero-order chi connectivity index (χ0) is 44.7. The van der Waals surface area contributed by atoms with Gasteiger partial charge < -0.3 is 0 Å². The Morgan fingerprint density at radius 1 is 0.235 bits per heavy atom.